The molecule has 0 saturated heterocycles. The number of rotatable bonds is 5. The first-order valence-electron chi connectivity index (χ1n) is 11.6. The van der Waals surface area contributed by atoms with Gasteiger partial charge in [0.25, 0.3) is 0 Å². The van der Waals surface area contributed by atoms with Crippen LogP contribution in [0.25, 0.3) is 0 Å². The SMILES string of the molecule is CC1=NC2=C(C(=O)CCC2)[C@H](c2cccc(Oc3ccccc3)c2)C1C(=O)Nc1ccc(Br)cn1. The predicted molar refractivity (Wildman–Crippen MR) is 139 cm³/mol. The topological polar surface area (TPSA) is 80.6 Å². The Kier molecular flexibility index (Phi) is 6.59. The van der Waals surface area contributed by atoms with Crippen LogP contribution in [0, 0.1) is 5.92 Å². The summed E-state index contributed by atoms with van der Waals surface area (Å²) in [6.07, 6.45) is 3.60. The molecule has 1 aliphatic heterocycles. The molecule has 0 radical (unpaired) electrons. The summed E-state index contributed by atoms with van der Waals surface area (Å²) in [5.41, 5.74) is 2.97. The monoisotopic (exact) mass is 529 g/mol. The number of nitrogens with zero attached hydrogens (tertiary/aromatic N) is 2. The van der Waals surface area contributed by atoms with E-state index in [1.165, 1.54) is 0 Å². The Bertz CT molecular complexity index is 1330. The van der Waals surface area contributed by atoms with Crippen molar-refractivity contribution >= 4 is 39.1 Å². The Balaban J connectivity index is 1.54. The Morgan fingerprint density at radius 2 is 1.83 bits per heavy atom. The first-order chi connectivity index (χ1) is 17.0. The van der Waals surface area contributed by atoms with Crippen molar-refractivity contribution in [3.63, 3.8) is 0 Å². The molecular weight excluding hydrogens is 506 g/mol. The van der Waals surface area contributed by atoms with Crippen molar-refractivity contribution in [3.05, 3.63) is 94.2 Å². The second kappa shape index (κ2) is 9.96. The fraction of sp³-hybridized carbons (Fsp3) is 0.214. The van der Waals surface area contributed by atoms with Crippen molar-refractivity contribution < 1.29 is 14.3 Å². The minimum atomic E-state index is -0.645. The average molecular weight is 530 g/mol. The van der Waals surface area contributed by atoms with Gasteiger partial charge in [-0.2, -0.15) is 0 Å². The standard InChI is InChI=1S/C28H24BrN3O3/c1-17-25(28(34)32-24-14-13-19(29)16-30-24)26(27-22(31-17)11-6-12-23(27)33)18-7-5-10-21(15-18)35-20-8-3-2-4-9-20/h2-5,7-10,13-16,25-26H,6,11-12H2,1H3,(H,30,32,34)/t25?,26-/m1/s1. The number of benzene rings is 2. The van der Waals surface area contributed by atoms with Crippen molar-refractivity contribution in [2.45, 2.75) is 32.1 Å². The number of hydrogen-bond donors (Lipinski definition) is 1. The minimum Gasteiger partial charge on any atom is -0.457 e. The van der Waals surface area contributed by atoms with E-state index in [4.69, 9.17) is 9.73 Å². The number of para-hydroxylation sites is 1. The molecule has 0 saturated carbocycles. The number of anilines is 1. The van der Waals surface area contributed by atoms with Crippen LogP contribution < -0.4 is 10.1 Å². The van der Waals surface area contributed by atoms with Crippen LogP contribution in [0.2, 0.25) is 0 Å². The number of carbonyl (C=O) groups is 2. The van der Waals surface area contributed by atoms with Gasteiger partial charge >= 0.3 is 0 Å². The molecule has 0 bridgehead atoms. The smallest absolute Gasteiger partial charge is 0.235 e. The molecule has 2 aliphatic rings. The predicted octanol–water partition coefficient (Wildman–Crippen LogP) is 6.46. The molecule has 0 fully saturated rings. The largest absolute Gasteiger partial charge is 0.457 e. The zero-order valence-electron chi connectivity index (χ0n) is 19.2. The number of hydrogen-bond acceptors (Lipinski definition) is 5. The van der Waals surface area contributed by atoms with Gasteiger partial charge < -0.3 is 10.1 Å². The van der Waals surface area contributed by atoms with Crippen molar-refractivity contribution in [1.82, 2.24) is 4.98 Å². The third-order valence-electron chi connectivity index (χ3n) is 6.29. The van der Waals surface area contributed by atoms with Crippen molar-refractivity contribution in [1.29, 1.82) is 0 Å². The third kappa shape index (κ3) is 4.95. The first-order valence-corrected chi connectivity index (χ1v) is 12.4. The second-order valence-electron chi connectivity index (χ2n) is 8.68. The highest BCUT2D eigenvalue weighted by molar-refractivity contribution is 9.10. The molecule has 2 atom stereocenters. The molecule has 2 heterocycles. The lowest BCUT2D eigenvalue weighted by Crippen LogP contribution is -2.39. The third-order valence-corrected chi connectivity index (χ3v) is 6.76. The zero-order chi connectivity index (χ0) is 24.4. The number of allylic oxidation sites excluding steroid dienone is 2. The number of ether oxygens (including phenoxy) is 1. The molecule has 5 rings (SSSR count). The second-order valence-corrected chi connectivity index (χ2v) is 9.60. The number of carbonyl (C=O) groups excluding carboxylic acids is 2. The van der Waals surface area contributed by atoms with E-state index in [1.807, 2.05) is 67.6 Å². The number of Topliss-reactive ketones (excluding diaryl/α,β-unsaturated/α-hetero) is 1. The maximum atomic E-state index is 13.6. The fourth-order valence-corrected chi connectivity index (χ4v) is 4.99. The van der Waals surface area contributed by atoms with E-state index >= 15 is 0 Å². The van der Waals surface area contributed by atoms with Gasteiger partial charge in [0.1, 0.15) is 17.3 Å². The summed E-state index contributed by atoms with van der Waals surface area (Å²) in [6.45, 7) is 1.86. The van der Waals surface area contributed by atoms with E-state index < -0.39 is 11.8 Å². The number of nitrogens with one attached hydrogen (secondary N) is 1. The summed E-state index contributed by atoms with van der Waals surface area (Å²) in [5.74, 6) is 0.522. The van der Waals surface area contributed by atoms with Gasteiger partial charge in [0.15, 0.2) is 5.78 Å². The summed E-state index contributed by atoms with van der Waals surface area (Å²) in [7, 11) is 0. The van der Waals surface area contributed by atoms with E-state index in [0.717, 1.165) is 34.3 Å². The van der Waals surface area contributed by atoms with E-state index in [1.54, 1.807) is 12.3 Å². The quantitative estimate of drug-likeness (QED) is 0.411. The van der Waals surface area contributed by atoms with Gasteiger partial charge in [-0.05, 0) is 77.7 Å². The van der Waals surface area contributed by atoms with Crippen LogP contribution >= 0.6 is 15.9 Å². The van der Waals surface area contributed by atoms with Crippen LogP contribution in [-0.2, 0) is 9.59 Å². The van der Waals surface area contributed by atoms with Gasteiger partial charge in [-0.25, -0.2) is 4.98 Å². The molecule has 7 heteroatoms. The maximum absolute atomic E-state index is 13.6. The average Bonchev–Trinajstić information content (AvgIpc) is 2.85. The van der Waals surface area contributed by atoms with E-state index in [-0.39, 0.29) is 11.7 Å². The number of amides is 1. The normalized spacial score (nSPS) is 19.6. The summed E-state index contributed by atoms with van der Waals surface area (Å²) < 4.78 is 6.88. The number of halogens is 1. The molecule has 1 aromatic heterocycles. The van der Waals surface area contributed by atoms with E-state index in [0.29, 0.717) is 29.3 Å². The van der Waals surface area contributed by atoms with Gasteiger partial charge in [0, 0.05) is 40.0 Å². The Hall–Kier alpha value is -3.58. The molecule has 176 valence electrons. The van der Waals surface area contributed by atoms with Crippen LogP contribution in [0.1, 0.15) is 37.7 Å². The summed E-state index contributed by atoms with van der Waals surface area (Å²) >= 11 is 3.36. The summed E-state index contributed by atoms with van der Waals surface area (Å²) in [6, 6.07) is 20.7. The maximum Gasteiger partial charge on any atom is 0.235 e. The molecule has 1 unspecified atom stereocenters. The molecular formula is C28H24BrN3O3. The Morgan fingerprint density at radius 3 is 2.60 bits per heavy atom. The zero-order valence-corrected chi connectivity index (χ0v) is 20.8. The van der Waals surface area contributed by atoms with Crippen LogP contribution in [0.5, 0.6) is 11.5 Å². The molecule has 0 spiro atoms. The highest BCUT2D eigenvalue weighted by atomic mass is 79.9. The first kappa shape index (κ1) is 23.2. The highest BCUT2D eigenvalue weighted by Gasteiger charge is 2.42. The molecule has 6 nitrogen and oxygen atoms in total. The number of ketones is 1. The number of aliphatic imine (C=N–C) groups is 1. The lowest BCUT2D eigenvalue weighted by molar-refractivity contribution is -0.119. The van der Waals surface area contributed by atoms with Crippen molar-refractivity contribution in [2.75, 3.05) is 5.32 Å². The molecule has 35 heavy (non-hydrogen) atoms. The van der Waals surface area contributed by atoms with Gasteiger partial charge in [0.2, 0.25) is 5.91 Å². The van der Waals surface area contributed by atoms with Crippen LogP contribution in [0.15, 0.2) is 93.7 Å². The number of aromatic nitrogens is 1. The van der Waals surface area contributed by atoms with Gasteiger partial charge in [-0.1, -0.05) is 30.3 Å². The van der Waals surface area contributed by atoms with Crippen LogP contribution in [-0.4, -0.2) is 22.4 Å². The number of pyridine rings is 1. The Labute approximate surface area is 212 Å². The van der Waals surface area contributed by atoms with Gasteiger partial charge in [0.05, 0.1) is 5.92 Å². The molecule has 2 aromatic carbocycles. The molecule has 3 aromatic rings. The fourth-order valence-electron chi connectivity index (χ4n) is 4.76. The summed E-state index contributed by atoms with van der Waals surface area (Å²) in [4.78, 5) is 35.8. The van der Waals surface area contributed by atoms with Crippen molar-refractivity contribution in [3.8, 4) is 11.5 Å². The van der Waals surface area contributed by atoms with Crippen LogP contribution in [0.4, 0.5) is 5.82 Å². The lowest BCUT2D eigenvalue weighted by Gasteiger charge is -2.35. The van der Waals surface area contributed by atoms with Gasteiger partial charge in [-0.3, -0.25) is 14.6 Å². The Morgan fingerprint density at radius 1 is 1.03 bits per heavy atom. The van der Waals surface area contributed by atoms with E-state index in [9.17, 15) is 9.59 Å². The summed E-state index contributed by atoms with van der Waals surface area (Å²) in [5, 5.41) is 2.92. The van der Waals surface area contributed by atoms with Crippen molar-refractivity contribution in [2.24, 2.45) is 10.9 Å². The minimum absolute atomic E-state index is 0.0569. The highest BCUT2D eigenvalue weighted by Crippen LogP contribution is 2.44. The molecule has 1 amide bonds. The lowest BCUT2D eigenvalue weighted by atomic mass is 9.71. The van der Waals surface area contributed by atoms with Gasteiger partial charge in [-0.15, -0.1) is 0 Å². The van der Waals surface area contributed by atoms with Crippen LogP contribution in [0.3, 0.4) is 0 Å². The van der Waals surface area contributed by atoms with E-state index in [2.05, 4.69) is 26.2 Å². The molecule has 1 aliphatic carbocycles. The molecule has 1 N–H and O–H groups in total.